The number of hydrogen-bond acceptors (Lipinski definition) is 3. The molecule has 0 saturated carbocycles. The van der Waals surface area contributed by atoms with Crippen LogP contribution in [-0.4, -0.2) is 9.97 Å². The van der Waals surface area contributed by atoms with Gasteiger partial charge in [-0.15, -0.1) is 0 Å². The van der Waals surface area contributed by atoms with Gasteiger partial charge in [0.15, 0.2) is 0 Å². The summed E-state index contributed by atoms with van der Waals surface area (Å²) in [5.41, 5.74) is 9.71. The van der Waals surface area contributed by atoms with Gasteiger partial charge in [-0.3, -0.25) is 0 Å². The maximum atomic E-state index is 6.12. The second-order valence-corrected chi connectivity index (χ2v) is 4.31. The van der Waals surface area contributed by atoms with E-state index in [1.54, 1.807) is 0 Å². The first-order valence-electron chi connectivity index (χ1n) is 5.49. The Morgan fingerprint density at radius 1 is 1.29 bits per heavy atom. The predicted octanol–water partition coefficient (Wildman–Crippen LogP) is 3.25. The lowest BCUT2D eigenvalue weighted by Crippen LogP contribution is -2.01. The summed E-state index contributed by atoms with van der Waals surface area (Å²) in [5, 5.41) is 0.738. The Labute approximate surface area is 106 Å². The minimum atomic E-state index is 0.536. The highest BCUT2D eigenvalue weighted by Crippen LogP contribution is 2.28. The predicted molar refractivity (Wildman–Crippen MR) is 71.0 cm³/mol. The molecule has 0 unspecified atom stereocenters. The van der Waals surface area contributed by atoms with Gasteiger partial charge in [0.05, 0.1) is 5.69 Å². The Morgan fingerprint density at radius 2 is 2.06 bits per heavy atom. The molecule has 0 bridgehead atoms. The van der Waals surface area contributed by atoms with Gasteiger partial charge >= 0.3 is 0 Å². The molecule has 4 heteroatoms. The summed E-state index contributed by atoms with van der Waals surface area (Å²) in [6, 6.07) is 5.90. The first-order valence-corrected chi connectivity index (χ1v) is 5.87. The molecule has 17 heavy (non-hydrogen) atoms. The van der Waals surface area contributed by atoms with Crippen molar-refractivity contribution < 1.29 is 0 Å². The Bertz CT molecular complexity index is 552. The quantitative estimate of drug-likeness (QED) is 0.886. The van der Waals surface area contributed by atoms with Crippen LogP contribution in [0.3, 0.4) is 0 Å². The standard InChI is InChI=1S/C13H14ClN3/c1-3-10-12(16-7-17-13(10)15)9-5-4-8(2)11(14)6-9/h4-7H,3H2,1-2H3,(H2,15,16,17). The number of hydrogen-bond donors (Lipinski definition) is 1. The number of aryl methyl sites for hydroxylation is 1. The van der Waals surface area contributed by atoms with E-state index >= 15 is 0 Å². The second-order valence-electron chi connectivity index (χ2n) is 3.90. The van der Waals surface area contributed by atoms with Crippen molar-refractivity contribution in [3.63, 3.8) is 0 Å². The number of nitrogen functional groups attached to an aromatic ring is 1. The lowest BCUT2D eigenvalue weighted by molar-refractivity contribution is 1.06. The van der Waals surface area contributed by atoms with Crippen molar-refractivity contribution in [2.75, 3.05) is 5.73 Å². The third-order valence-electron chi connectivity index (χ3n) is 2.78. The number of nitrogens with two attached hydrogens (primary N) is 1. The molecular formula is C13H14ClN3. The third-order valence-corrected chi connectivity index (χ3v) is 3.18. The van der Waals surface area contributed by atoms with Crippen LogP contribution in [0.15, 0.2) is 24.5 Å². The topological polar surface area (TPSA) is 51.8 Å². The molecule has 1 aromatic carbocycles. The molecule has 0 aliphatic heterocycles. The van der Waals surface area contributed by atoms with Gasteiger partial charge in [0.1, 0.15) is 12.1 Å². The summed E-state index contributed by atoms with van der Waals surface area (Å²) in [6.07, 6.45) is 2.28. The van der Waals surface area contributed by atoms with E-state index in [2.05, 4.69) is 9.97 Å². The Balaban J connectivity index is 2.60. The minimum Gasteiger partial charge on any atom is -0.383 e. The molecule has 1 heterocycles. The maximum Gasteiger partial charge on any atom is 0.130 e. The highest BCUT2D eigenvalue weighted by Gasteiger charge is 2.10. The van der Waals surface area contributed by atoms with Crippen molar-refractivity contribution in [2.24, 2.45) is 0 Å². The van der Waals surface area contributed by atoms with Crippen LogP contribution in [0.25, 0.3) is 11.3 Å². The molecule has 0 fully saturated rings. The van der Waals surface area contributed by atoms with E-state index in [-0.39, 0.29) is 0 Å². The van der Waals surface area contributed by atoms with Crippen LogP contribution in [0.5, 0.6) is 0 Å². The lowest BCUT2D eigenvalue weighted by Gasteiger charge is -2.09. The molecule has 2 N–H and O–H groups in total. The molecule has 2 aromatic rings. The van der Waals surface area contributed by atoms with Crippen molar-refractivity contribution in [1.82, 2.24) is 9.97 Å². The number of nitrogens with zero attached hydrogens (tertiary/aromatic N) is 2. The monoisotopic (exact) mass is 247 g/mol. The van der Waals surface area contributed by atoms with Crippen LogP contribution in [0.4, 0.5) is 5.82 Å². The molecule has 0 spiro atoms. The van der Waals surface area contributed by atoms with E-state index < -0.39 is 0 Å². The Hall–Kier alpha value is -1.61. The molecule has 0 saturated heterocycles. The van der Waals surface area contributed by atoms with Gasteiger partial charge < -0.3 is 5.73 Å². The zero-order valence-electron chi connectivity index (χ0n) is 9.87. The number of anilines is 1. The molecule has 0 aliphatic carbocycles. The van der Waals surface area contributed by atoms with Crippen molar-refractivity contribution >= 4 is 17.4 Å². The van der Waals surface area contributed by atoms with Crippen LogP contribution in [0, 0.1) is 6.92 Å². The summed E-state index contributed by atoms with van der Waals surface area (Å²) in [7, 11) is 0. The van der Waals surface area contributed by atoms with Crippen LogP contribution in [-0.2, 0) is 6.42 Å². The summed E-state index contributed by atoms with van der Waals surface area (Å²) in [6.45, 7) is 4.01. The number of halogens is 1. The van der Waals surface area contributed by atoms with Crippen LogP contribution < -0.4 is 5.73 Å². The van der Waals surface area contributed by atoms with Gasteiger partial charge in [-0.2, -0.15) is 0 Å². The van der Waals surface area contributed by atoms with Gasteiger partial charge in [-0.1, -0.05) is 30.7 Å². The molecule has 3 nitrogen and oxygen atoms in total. The largest absolute Gasteiger partial charge is 0.383 e. The first-order chi connectivity index (χ1) is 8.13. The number of aromatic nitrogens is 2. The Kier molecular flexibility index (Phi) is 3.29. The van der Waals surface area contributed by atoms with Crippen LogP contribution in [0.2, 0.25) is 5.02 Å². The molecule has 0 atom stereocenters. The van der Waals surface area contributed by atoms with E-state index in [0.29, 0.717) is 5.82 Å². The zero-order chi connectivity index (χ0) is 12.4. The zero-order valence-corrected chi connectivity index (χ0v) is 10.6. The first kappa shape index (κ1) is 11.9. The third kappa shape index (κ3) is 2.24. The fourth-order valence-corrected chi connectivity index (χ4v) is 1.94. The van der Waals surface area contributed by atoms with Gasteiger partial charge in [-0.05, 0) is 25.0 Å². The summed E-state index contributed by atoms with van der Waals surface area (Å²) in [5.74, 6) is 0.536. The SMILES string of the molecule is CCc1c(N)ncnc1-c1ccc(C)c(Cl)c1. The summed E-state index contributed by atoms with van der Waals surface area (Å²) in [4.78, 5) is 8.31. The molecular weight excluding hydrogens is 234 g/mol. The summed E-state index contributed by atoms with van der Waals surface area (Å²) >= 11 is 6.12. The minimum absolute atomic E-state index is 0.536. The molecule has 0 aliphatic rings. The van der Waals surface area contributed by atoms with Gasteiger partial charge in [0.2, 0.25) is 0 Å². The van der Waals surface area contributed by atoms with E-state index in [0.717, 1.165) is 33.8 Å². The van der Waals surface area contributed by atoms with Gasteiger partial charge in [0, 0.05) is 16.1 Å². The molecule has 88 valence electrons. The van der Waals surface area contributed by atoms with E-state index in [1.807, 2.05) is 32.0 Å². The van der Waals surface area contributed by atoms with Crippen molar-refractivity contribution in [1.29, 1.82) is 0 Å². The molecule has 2 rings (SSSR count). The fraction of sp³-hybridized carbons (Fsp3) is 0.231. The number of rotatable bonds is 2. The smallest absolute Gasteiger partial charge is 0.130 e. The van der Waals surface area contributed by atoms with Gasteiger partial charge in [-0.25, -0.2) is 9.97 Å². The van der Waals surface area contributed by atoms with Gasteiger partial charge in [0.25, 0.3) is 0 Å². The molecule has 1 aromatic heterocycles. The summed E-state index contributed by atoms with van der Waals surface area (Å²) < 4.78 is 0. The Morgan fingerprint density at radius 3 is 2.71 bits per heavy atom. The van der Waals surface area contributed by atoms with Crippen LogP contribution >= 0.6 is 11.6 Å². The second kappa shape index (κ2) is 4.72. The van der Waals surface area contributed by atoms with E-state index in [4.69, 9.17) is 17.3 Å². The van der Waals surface area contributed by atoms with Crippen molar-refractivity contribution in [2.45, 2.75) is 20.3 Å². The molecule has 0 amide bonds. The maximum absolute atomic E-state index is 6.12. The highest BCUT2D eigenvalue weighted by atomic mass is 35.5. The number of benzene rings is 1. The van der Waals surface area contributed by atoms with Crippen LogP contribution in [0.1, 0.15) is 18.1 Å². The highest BCUT2D eigenvalue weighted by molar-refractivity contribution is 6.31. The lowest BCUT2D eigenvalue weighted by atomic mass is 10.0. The normalized spacial score (nSPS) is 10.5. The van der Waals surface area contributed by atoms with Crippen molar-refractivity contribution in [3.8, 4) is 11.3 Å². The average molecular weight is 248 g/mol. The fourth-order valence-electron chi connectivity index (χ4n) is 1.76. The average Bonchev–Trinajstić information content (AvgIpc) is 2.32. The van der Waals surface area contributed by atoms with E-state index in [9.17, 15) is 0 Å². The molecule has 0 radical (unpaired) electrons. The van der Waals surface area contributed by atoms with E-state index in [1.165, 1.54) is 6.33 Å². The van der Waals surface area contributed by atoms with Crippen molar-refractivity contribution in [3.05, 3.63) is 40.7 Å².